The summed E-state index contributed by atoms with van der Waals surface area (Å²) in [5.74, 6) is 0.850. The molecule has 0 bridgehead atoms. The van der Waals surface area contributed by atoms with E-state index in [1.54, 1.807) is 16.7 Å². The second-order valence-electron chi connectivity index (χ2n) is 5.47. The lowest BCUT2D eigenvalue weighted by molar-refractivity contribution is 0.375. The molecule has 1 nitrogen and oxygen atoms in total. The van der Waals surface area contributed by atoms with Crippen LogP contribution in [0.4, 0.5) is 0 Å². The average Bonchev–Trinajstić information content (AvgIpc) is 2.78. The van der Waals surface area contributed by atoms with E-state index in [-0.39, 0.29) is 0 Å². The van der Waals surface area contributed by atoms with Crippen LogP contribution in [0.25, 0.3) is 0 Å². The number of nitrogens with one attached hydrogen (secondary N) is 1. The van der Waals surface area contributed by atoms with E-state index in [2.05, 4.69) is 33.4 Å². The summed E-state index contributed by atoms with van der Waals surface area (Å²) >= 11 is 3.66. The van der Waals surface area contributed by atoms with Crippen molar-refractivity contribution in [3.63, 3.8) is 0 Å². The Balaban J connectivity index is 1.82. The van der Waals surface area contributed by atoms with Gasteiger partial charge in [0, 0.05) is 4.47 Å². The van der Waals surface area contributed by atoms with Gasteiger partial charge in [0.2, 0.25) is 0 Å². The Morgan fingerprint density at radius 3 is 3.00 bits per heavy atom. The highest BCUT2D eigenvalue weighted by atomic mass is 79.9. The molecule has 1 aliphatic heterocycles. The van der Waals surface area contributed by atoms with Gasteiger partial charge >= 0.3 is 0 Å². The fourth-order valence-electron chi connectivity index (χ4n) is 3.35. The van der Waals surface area contributed by atoms with Gasteiger partial charge in [0.15, 0.2) is 0 Å². The first-order valence-corrected chi connectivity index (χ1v) is 7.63. The van der Waals surface area contributed by atoms with Crippen LogP contribution >= 0.6 is 15.9 Å². The quantitative estimate of drug-likeness (QED) is 0.880. The summed E-state index contributed by atoms with van der Waals surface area (Å²) in [7, 11) is 0. The summed E-state index contributed by atoms with van der Waals surface area (Å²) in [5, 5.41) is 3.53. The van der Waals surface area contributed by atoms with E-state index in [9.17, 15) is 0 Å². The standard InChI is InChI=1S/C15H20BrN/c16-14-8-12-4-1-5-15(12)13(9-14)7-11-3-2-6-17-10-11/h8-9,11,17H,1-7,10H2. The van der Waals surface area contributed by atoms with Crippen molar-refractivity contribution in [2.75, 3.05) is 13.1 Å². The van der Waals surface area contributed by atoms with Crippen LogP contribution in [0.1, 0.15) is 36.0 Å². The first kappa shape index (κ1) is 11.7. The van der Waals surface area contributed by atoms with Crippen LogP contribution in [0.3, 0.4) is 0 Å². The minimum absolute atomic E-state index is 0.850. The third-order valence-corrected chi connectivity index (χ3v) is 4.64. The maximum Gasteiger partial charge on any atom is 0.0180 e. The summed E-state index contributed by atoms with van der Waals surface area (Å²) in [6.07, 6.45) is 7.95. The van der Waals surface area contributed by atoms with Crippen molar-refractivity contribution in [2.45, 2.75) is 38.5 Å². The van der Waals surface area contributed by atoms with Crippen molar-refractivity contribution >= 4 is 15.9 Å². The molecule has 1 atom stereocenters. The second kappa shape index (κ2) is 5.11. The number of rotatable bonds is 2. The molecule has 92 valence electrons. The molecule has 0 saturated carbocycles. The number of hydrogen-bond donors (Lipinski definition) is 1. The first-order valence-electron chi connectivity index (χ1n) is 6.84. The van der Waals surface area contributed by atoms with Crippen LogP contribution in [0.2, 0.25) is 0 Å². The van der Waals surface area contributed by atoms with Crippen LogP contribution < -0.4 is 5.32 Å². The summed E-state index contributed by atoms with van der Waals surface area (Å²) in [5.41, 5.74) is 4.87. The van der Waals surface area contributed by atoms with Crippen LogP contribution in [0.15, 0.2) is 16.6 Å². The maximum atomic E-state index is 3.66. The molecule has 1 aliphatic carbocycles. The average molecular weight is 294 g/mol. The predicted molar refractivity (Wildman–Crippen MR) is 75.5 cm³/mol. The molecule has 2 heteroatoms. The molecule has 1 saturated heterocycles. The molecule has 1 heterocycles. The third-order valence-electron chi connectivity index (χ3n) is 4.18. The molecule has 1 N–H and O–H groups in total. The van der Waals surface area contributed by atoms with E-state index in [0.29, 0.717) is 0 Å². The van der Waals surface area contributed by atoms with Gasteiger partial charge in [0.25, 0.3) is 0 Å². The SMILES string of the molecule is Brc1cc2c(c(CC3CCCNC3)c1)CCC2. The van der Waals surface area contributed by atoms with Gasteiger partial charge in [-0.3, -0.25) is 0 Å². The van der Waals surface area contributed by atoms with Gasteiger partial charge in [-0.25, -0.2) is 0 Å². The molecule has 2 aliphatic rings. The highest BCUT2D eigenvalue weighted by molar-refractivity contribution is 9.10. The number of hydrogen-bond acceptors (Lipinski definition) is 1. The Morgan fingerprint density at radius 1 is 1.24 bits per heavy atom. The topological polar surface area (TPSA) is 12.0 Å². The van der Waals surface area contributed by atoms with Gasteiger partial charge in [0.1, 0.15) is 0 Å². The Bertz CT molecular complexity index is 408. The molecule has 3 rings (SSSR count). The van der Waals surface area contributed by atoms with Crippen molar-refractivity contribution in [2.24, 2.45) is 5.92 Å². The van der Waals surface area contributed by atoms with Crippen molar-refractivity contribution < 1.29 is 0 Å². The van der Waals surface area contributed by atoms with Gasteiger partial charge in [-0.05, 0) is 86.4 Å². The fraction of sp³-hybridized carbons (Fsp3) is 0.600. The molecular formula is C15H20BrN. The molecule has 0 amide bonds. The van der Waals surface area contributed by atoms with Crippen molar-refractivity contribution in [1.29, 1.82) is 0 Å². The zero-order valence-corrected chi connectivity index (χ0v) is 11.9. The molecule has 1 fully saturated rings. The van der Waals surface area contributed by atoms with Gasteiger partial charge in [-0.1, -0.05) is 15.9 Å². The smallest absolute Gasteiger partial charge is 0.0180 e. The highest BCUT2D eigenvalue weighted by Crippen LogP contribution is 2.31. The molecule has 1 aromatic carbocycles. The molecule has 1 aromatic rings. The van der Waals surface area contributed by atoms with E-state index < -0.39 is 0 Å². The number of piperidine rings is 1. The number of halogens is 1. The highest BCUT2D eigenvalue weighted by Gasteiger charge is 2.19. The summed E-state index contributed by atoms with van der Waals surface area (Å²) in [4.78, 5) is 0. The molecule has 0 aromatic heterocycles. The molecule has 1 unspecified atom stereocenters. The molecule has 0 spiro atoms. The lowest BCUT2D eigenvalue weighted by Gasteiger charge is -2.24. The van der Waals surface area contributed by atoms with Crippen molar-refractivity contribution in [3.05, 3.63) is 33.3 Å². The van der Waals surface area contributed by atoms with Gasteiger partial charge in [-0.2, -0.15) is 0 Å². The lowest BCUT2D eigenvalue weighted by Crippen LogP contribution is -2.31. The lowest BCUT2D eigenvalue weighted by atomic mass is 9.89. The van der Waals surface area contributed by atoms with Gasteiger partial charge < -0.3 is 5.32 Å². The molecule has 17 heavy (non-hydrogen) atoms. The first-order chi connectivity index (χ1) is 8.33. The van der Waals surface area contributed by atoms with Gasteiger partial charge in [-0.15, -0.1) is 0 Å². The minimum Gasteiger partial charge on any atom is -0.316 e. The molecule has 0 radical (unpaired) electrons. The second-order valence-corrected chi connectivity index (χ2v) is 6.39. The third kappa shape index (κ3) is 2.58. The zero-order chi connectivity index (χ0) is 11.7. The van der Waals surface area contributed by atoms with Crippen LogP contribution in [0.5, 0.6) is 0 Å². The maximum absolute atomic E-state index is 3.66. The number of benzene rings is 1. The zero-order valence-electron chi connectivity index (χ0n) is 10.3. The van der Waals surface area contributed by atoms with E-state index >= 15 is 0 Å². The Kier molecular flexibility index (Phi) is 3.53. The van der Waals surface area contributed by atoms with Gasteiger partial charge in [0.05, 0.1) is 0 Å². The Labute approximate surface area is 112 Å². The van der Waals surface area contributed by atoms with E-state index in [0.717, 1.165) is 5.92 Å². The summed E-state index contributed by atoms with van der Waals surface area (Å²) < 4.78 is 1.27. The number of aryl methyl sites for hydroxylation is 1. The van der Waals surface area contributed by atoms with E-state index in [1.807, 2.05) is 0 Å². The van der Waals surface area contributed by atoms with Crippen LogP contribution in [-0.2, 0) is 19.3 Å². The minimum atomic E-state index is 0.850. The molecular weight excluding hydrogens is 274 g/mol. The summed E-state index contributed by atoms with van der Waals surface area (Å²) in [6, 6.07) is 4.68. The fourth-order valence-corrected chi connectivity index (χ4v) is 3.90. The van der Waals surface area contributed by atoms with E-state index in [1.165, 1.54) is 56.1 Å². The predicted octanol–water partition coefficient (Wildman–Crippen LogP) is 3.48. The number of fused-ring (bicyclic) bond motifs is 1. The largest absolute Gasteiger partial charge is 0.316 e. The normalized spacial score (nSPS) is 23.7. The summed E-state index contributed by atoms with van der Waals surface area (Å²) in [6.45, 7) is 2.42. The van der Waals surface area contributed by atoms with E-state index in [4.69, 9.17) is 0 Å². The Hall–Kier alpha value is -0.340. The Morgan fingerprint density at radius 2 is 2.18 bits per heavy atom. The van der Waals surface area contributed by atoms with Crippen LogP contribution in [0, 0.1) is 5.92 Å². The van der Waals surface area contributed by atoms with Crippen molar-refractivity contribution in [1.82, 2.24) is 5.32 Å². The van der Waals surface area contributed by atoms with Crippen molar-refractivity contribution in [3.8, 4) is 0 Å². The monoisotopic (exact) mass is 293 g/mol. The van der Waals surface area contributed by atoms with Crippen LogP contribution in [-0.4, -0.2) is 13.1 Å².